The predicted molar refractivity (Wildman–Crippen MR) is 188 cm³/mol. The van der Waals surface area contributed by atoms with Crippen LogP contribution in [0.1, 0.15) is 0 Å². The van der Waals surface area contributed by atoms with Gasteiger partial charge in [-0.1, -0.05) is 97.1 Å². The van der Waals surface area contributed by atoms with Crippen molar-refractivity contribution in [3.05, 3.63) is 158 Å². The van der Waals surface area contributed by atoms with Gasteiger partial charge in [0.2, 0.25) is 0 Å². The second-order valence-electron chi connectivity index (χ2n) is 11.8. The summed E-state index contributed by atoms with van der Waals surface area (Å²) >= 11 is 0. The van der Waals surface area contributed by atoms with Gasteiger partial charge in [-0.2, -0.15) is 0 Å². The number of fused-ring (bicyclic) bond motifs is 9. The highest BCUT2D eigenvalue weighted by molar-refractivity contribution is 6.18. The fourth-order valence-corrected chi connectivity index (χ4v) is 7.30. The average Bonchev–Trinajstić information content (AvgIpc) is 3.74. The molecule has 210 valence electrons. The van der Waals surface area contributed by atoms with E-state index in [2.05, 4.69) is 161 Å². The lowest BCUT2D eigenvalue weighted by molar-refractivity contribution is 0.669. The second-order valence-corrected chi connectivity index (χ2v) is 11.8. The summed E-state index contributed by atoms with van der Waals surface area (Å²) in [6, 6.07) is 56.6. The summed E-state index contributed by atoms with van der Waals surface area (Å²) in [5.74, 6) is 0. The predicted octanol–water partition coefficient (Wildman–Crippen LogP) is 11.4. The van der Waals surface area contributed by atoms with Crippen LogP contribution in [0.4, 0.5) is 0 Å². The molecule has 3 heteroatoms. The Morgan fingerprint density at radius 3 is 1.67 bits per heavy atom. The number of nitrogens with zero attached hydrogens (tertiary/aromatic N) is 2. The van der Waals surface area contributed by atoms with E-state index in [1.165, 1.54) is 49.2 Å². The van der Waals surface area contributed by atoms with Crippen LogP contribution in [0, 0.1) is 0 Å². The van der Waals surface area contributed by atoms with Gasteiger partial charge in [0.1, 0.15) is 11.2 Å². The van der Waals surface area contributed by atoms with Gasteiger partial charge in [0.15, 0.2) is 0 Å². The highest BCUT2D eigenvalue weighted by atomic mass is 16.3. The number of hydrogen-bond acceptors (Lipinski definition) is 1. The Kier molecular flexibility index (Phi) is 5.00. The van der Waals surface area contributed by atoms with Gasteiger partial charge in [0.05, 0.1) is 22.1 Å². The van der Waals surface area contributed by atoms with Crippen LogP contribution in [0.3, 0.4) is 0 Å². The average molecular weight is 575 g/mol. The third-order valence-electron chi connectivity index (χ3n) is 9.30. The minimum Gasteiger partial charge on any atom is -0.456 e. The quantitative estimate of drug-likeness (QED) is 0.206. The lowest BCUT2D eigenvalue weighted by Crippen LogP contribution is -1.98. The van der Waals surface area contributed by atoms with Crippen molar-refractivity contribution in [2.24, 2.45) is 0 Å². The maximum Gasteiger partial charge on any atom is 0.137 e. The van der Waals surface area contributed by atoms with Gasteiger partial charge >= 0.3 is 0 Å². The Morgan fingerprint density at radius 1 is 0.311 bits per heavy atom. The normalized spacial score (nSPS) is 12.0. The smallest absolute Gasteiger partial charge is 0.137 e. The molecule has 0 saturated heterocycles. The molecule has 0 aliphatic rings. The van der Waals surface area contributed by atoms with Crippen molar-refractivity contribution < 1.29 is 4.42 Å². The van der Waals surface area contributed by atoms with Crippen LogP contribution in [-0.4, -0.2) is 9.13 Å². The van der Waals surface area contributed by atoms with Crippen LogP contribution in [0.2, 0.25) is 0 Å². The molecular formula is C42H26N2O. The molecule has 0 fully saturated rings. The van der Waals surface area contributed by atoms with Crippen LogP contribution in [0.5, 0.6) is 0 Å². The van der Waals surface area contributed by atoms with Crippen molar-refractivity contribution in [2.75, 3.05) is 0 Å². The van der Waals surface area contributed by atoms with E-state index >= 15 is 0 Å². The van der Waals surface area contributed by atoms with Crippen LogP contribution >= 0.6 is 0 Å². The zero-order chi connectivity index (χ0) is 29.5. The molecular weight excluding hydrogens is 548 g/mol. The van der Waals surface area contributed by atoms with Crippen molar-refractivity contribution in [1.82, 2.24) is 9.13 Å². The van der Waals surface area contributed by atoms with E-state index in [-0.39, 0.29) is 0 Å². The van der Waals surface area contributed by atoms with Gasteiger partial charge in [-0.15, -0.1) is 0 Å². The summed E-state index contributed by atoms with van der Waals surface area (Å²) in [6.45, 7) is 0. The molecule has 7 aromatic carbocycles. The molecule has 10 aromatic rings. The third kappa shape index (κ3) is 3.52. The van der Waals surface area contributed by atoms with Crippen molar-refractivity contribution in [3.63, 3.8) is 0 Å². The van der Waals surface area contributed by atoms with E-state index < -0.39 is 0 Å². The SMILES string of the molecule is c1ccc(-c2ccc3c(c2)c2cc4c(cc2n3-c2cccc(-n3c5ccccc5c5ccccc53)c2)oc2ccccc24)cc1. The van der Waals surface area contributed by atoms with Gasteiger partial charge in [-0.25, -0.2) is 0 Å². The molecule has 0 saturated carbocycles. The van der Waals surface area contributed by atoms with E-state index in [0.29, 0.717) is 0 Å². The van der Waals surface area contributed by atoms with Crippen molar-refractivity contribution in [1.29, 1.82) is 0 Å². The maximum atomic E-state index is 6.40. The fourth-order valence-electron chi connectivity index (χ4n) is 7.30. The molecule has 3 nitrogen and oxygen atoms in total. The number of benzene rings is 7. The Morgan fingerprint density at radius 2 is 0.911 bits per heavy atom. The fraction of sp³-hybridized carbons (Fsp3) is 0. The Balaban J connectivity index is 1.28. The summed E-state index contributed by atoms with van der Waals surface area (Å²) in [5, 5.41) is 7.24. The molecule has 0 unspecified atom stereocenters. The second kappa shape index (κ2) is 9.22. The third-order valence-corrected chi connectivity index (χ3v) is 9.30. The number of hydrogen-bond donors (Lipinski definition) is 0. The summed E-state index contributed by atoms with van der Waals surface area (Å²) in [6.07, 6.45) is 0. The first-order chi connectivity index (χ1) is 22.3. The zero-order valence-electron chi connectivity index (χ0n) is 24.3. The van der Waals surface area contributed by atoms with Crippen molar-refractivity contribution >= 4 is 65.6 Å². The minimum absolute atomic E-state index is 0.898. The molecule has 0 amide bonds. The van der Waals surface area contributed by atoms with E-state index in [1.54, 1.807) is 0 Å². The Bertz CT molecular complexity index is 2710. The number of rotatable bonds is 3. The first-order valence-corrected chi connectivity index (χ1v) is 15.4. The molecule has 0 aliphatic carbocycles. The van der Waals surface area contributed by atoms with Crippen LogP contribution in [-0.2, 0) is 0 Å². The van der Waals surface area contributed by atoms with E-state index in [9.17, 15) is 0 Å². The molecule has 3 heterocycles. The van der Waals surface area contributed by atoms with Crippen LogP contribution in [0.25, 0.3) is 88.1 Å². The monoisotopic (exact) mass is 574 g/mol. The van der Waals surface area contributed by atoms with Gasteiger partial charge < -0.3 is 13.6 Å². The number of para-hydroxylation sites is 3. The Hall–Kier alpha value is -6.06. The lowest BCUT2D eigenvalue weighted by atomic mass is 10.0. The first kappa shape index (κ1) is 24.4. The topological polar surface area (TPSA) is 23.0 Å². The molecule has 3 aromatic heterocycles. The van der Waals surface area contributed by atoms with Crippen molar-refractivity contribution in [3.8, 4) is 22.5 Å². The molecule has 0 bridgehead atoms. The molecule has 0 atom stereocenters. The molecule has 0 spiro atoms. The molecule has 10 rings (SSSR count). The molecule has 0 N–H and O–H groups in total. The van der Waals surface area contributed by atoms with Gasteiger partial charge in [-0.3, -0.25) is 0 Å². The largest absolute Gasteiger partial charge is 0.456 e. The summed E-state index contributed by atoms with van der Waals surface area (Å²) in [5.41, 5.74) is 11.2. The Labute approximate surface area is 258 Å². The zero-order valence-corrected chi connectivity index (χ0v) is 24.3. The van der Waals surface area contributed by atoms with E-state index in [0.717, 1.165) is 38.8 Å². The molecule has 45 heavy (non-hydrogen) atoms. The van der Waals surface area contributed by atoms with Crippen LogP contribution < -0.4 is 0 Å². The van der Waals surface area contributed by atoms with Crippen LogP contribution in [0.15, 0.2) is 162 Å². The number of furan rings is 1. The lowest BCUT2D eigenvalue weighted by Gasteiger charge is -2.13. The van der Waals surface area contributed by atoms with Gasteiger partial charge in [-0.05, 0) is 65.7 Å². The first-order valence-electron chi connectivity index (χ1n) is 15.4. The minimum atomic E-state index is 0.898. The highest BCUT2D eigenvalue weighted by Gasteiger charge is 2.18. The van der Waals surface area contributed by atoms with Gasteiger partial charge in [0, 0.05) is 49.8 Å². The highest BCUT2D eigenvalue weighted by Crippen LogP contribution is 2.40. The standard InChI is InChI=1S/C42H26N2O/c1-2-11-27(12-3-1)28-21-22-39-34(23-28)35-25-36-33-17-6-9-20-41(33)45-42(36)26-40(35)44(39)30-14-10-13-29(24-30)43-37-18-7-4-15-31(37)32-16-5-8-19-38(32)43/h1-26H. The van der Waals surface area contributed by atoms with Gasteiger partial charge in [0.25, 0.3) is 0 Å². The molecule has 0 radical (unpaired) electrons. The van der Waals surface area contributed by atoms with E-state index in [1.807, 2.05) is 6.07 Å². The van der Waals surface area contributed by atoms with E-state index in [4.69, 9.17) is 4.42 Å². The molecule has 0 aliphatic heterocycles. The summed E-state index contributed by atoms with van der Waals surface area (Å²) < 4.78 is 11.2. The van der Waals surface area contributed by atoms with Crippen molar-refractivity contribution in [2.45, 2.75) is 0 Å². The maximum absolute atomic E-state index is 6.40. The summed E-state index contributed by atoms with van der Waals surface area (Å²) in [4.78, 5) is 0. The summed E-state index contributed by atoms with van der Waals surface area (Å²) in [7, 11) is 0. The number of aromatic nitrogens is 2.